The molecule has 0 aromatic heterocycles. The topological polar surface area (TPSA) is 3.24 Å². The van der Waals surface area contributed by atoms with Crippen molar-refractivity contribution in [1.82, 2.24) is 4.90 Å². The van der Waals surface area contributed by atoms with Gasteiger partial charge in [-0.25, -0.2) is 0 Å². The molecule has 74 valence electrons. The van der Waals surface area contributed by atoms with Gasteiger partial charge in [0.15, 0.2) is 0 Å². The molecule has 1 heteroatoms. The van der Waals surface area contributed by atoms with Gasteiger partial charge in [0, 0.05) is 5.54 Å². The molecule has 0 aliphatic heterocycles. The van der Waals surface area contributed by atoms with Gasteiger partial charge >= 0.3 is 0 Å². The van der Waals surface area contributed by atoms with Crippen molar-refractivity contribution in [3.63, 3.8) is 0 Å². The lowest BCUT2D eigenvalue weighted by Gasteiger charge is -2.40. The largest absolute Gasteiger partial charge is 0.304 e. The minimum atomic E-state index is 0.439. The van der Waals surface area contributed by atoms with Gasteiger partial charge in [-0.15, -0.1) is 0 Å². The van der Waals surface area contributed by atoms with Crippen LogP contribution in [0, 0.1) is 5.92 Å². The van der Waals surface area contributed by atoms with E-state index < -0.39 is 0 Å². The monoisotopic (exact) mass is 171 g/mol. The van der Waals surface area contributed by atoms with Gasteiger partial charge in [-0.3, -0.25) is 0 Å². The molecule has 12 heavy (non-hydrogen) atoms. The van der Waals surface area contributed by atoms with E-state index in [0.29, 0.717) is 5.54 Å². The maximum Gasteiger partial charge on any atom is 0.0200 e. The van der Waals surface area contributed by atoms with Crippen LogP contribution in [0.3, 0.4) is 0 Å². The van der Waals surface area contributed by atoms with Gasteiger partial charge in [0.1, 0.15) is 0 Å². The molecule has 0 aromatic rings. The molecule has 0 unspecified atom stereocenters. The number of nitrogens with zero attached hydrogens (tertiary/aromatic N) is 1. The zero-order valence-electron chi connectivity index (χ0n) is 9.65. The first-order chi connectivity index (χ1) is 5.48. The van der Waals surface area contributed by atoms with Gasteiger partial charge in [-0.1, -0.05) is 27.7 Å². The van der Waals surface area contributed by atoms with Gasteiger partial charge < -0.3 is 4.90 Å². The van der Waals surface area contributed by atoms with Crippen LogP contribution in [0.1, 0.15) is 47.0 Å². The number of hydrogen-bond acceptors (Lipinski definition) is 1. The molecule has 0 saturated carbocycles. The standard InChI is InChI=1S/C11H25N/c1-7-11(8-2,12(5)6)9-10(3)4/h10H,7-9H2,1-6H3. The van der Waals surface area contributed by atoms with E-state index in [1.165, 1.54) is 19.3 Å². The van der Waals surface area contributed by atoms with Crippen molar-refractivity contribution in [3.05, 3.63) is 0 Å². The Balaban J connectivity index is 4.35. The van der Waals surface area contributed by atoms with Crippen LogP contribution in [0.15, 0.2) is 0 Å². The van der Waals surface area contributed by atoms with Crippen LogP contribution in [-0.4, -0.2) is 24.5 Å². The molecule has 0 heterocycles. The summed E-state index contributed by atoms with van der Waals surface area (Å²) in [4.78, 5) is 2.40. The minimum Gasteiger partial charge on any atom is -0.304 e. The summed E-state index contributed by atoms with van der Waals surface area (Å²) >= 11 is 0. The molecular formula is C11H25N. The van der Waals surface area contributed by atoms with E-state index in [1.54, 1.807) is 0 Å². The summed E-state index contributed by atoms with van der Waals surface area (Å²) in [6.45, 7) is 9.21. The van der Waals surface area contributed by atoms with Gasteiger partial charge in [-0.2, -0.15) is 0 Å². The van der Waals surface area contributed by atoms with Crippen molar-refractivity contribution in [2.24, 2.45) is 5.92 Å². The summed E-state index contributed by atoms with van der Waals surface area (Å²) in [6.07, 6.45) is 3.83. The highest BCUT2D eigenvalue weighted by molar-refractivity contribution is 4.85. The zero-order chi connectivity index (χ0) is 9.78. The molecule has 0 aliphatic carbocycles. The Morgan fingerprint density at radius 3 is 1.58 bits per heavy atom. The van der Waals surface area contributed by atoms with E-state index in [9.17, 15) is 0 Å². The Labute approximate surface area is 78.1 Å². The Kier molecular flexibility index (Phi) is 4.84. The van der Waals surface area contributed by atoms with Gasteiger partial charge in [0.05, 0.1) is 0 Å². The van der Waals surface area contributed by atoms with Gasteiger partial charge in [-0.05, 0) is 39.3 Å². The predicted molar refractivity (Wildman–Crippen MR) is 56.5 cm³/mol. The van der Waals surface area contributed by atoms with E-state index in [4.69, 9.17) is 0 Å². The Hall–Kier alpha value is -0.0400. The third kappa shape index (κ3) is 2.78. The van der Waals surface area contributed by atoms with Crippen molar-refractivity contribution in [2.45, 2.75) is 52.5 Å². The Morgan fingerprint density at radius 1 is 1.08 bits per heavy atom. The summed E-state index contributed by atoms with van der Waals surface area (Å²) in [6, 6.07) is 0. The smallest absolute Gasteiger partial charge is 0.0200 e. The highest BCUT2D eigenvalue weighted by Crippen LogP contribution is 2.28. The average molecular weight is 171 g/mol. The van der Waals surface area contributed by atoms with Crippen LogP contribution in [0.4, 0.5) is 0 Å². The van der Waals surface area contributed by atoms with Crippen molar-refractivity contribution in [3.8, 4) is 0 Å². The SMILES string of the molecule is CCC(CC)(CC(C)C)N(C)C. The third-order valence-corrected chi connectivity index (χ3v) is 3.05. The lowest BCUT2D eigenvalue weighted by atomic mass is 9.83. The van der Waals surface area contributed by atoms with Crippen molar-refractivity contribution in [1.29, 1.82) is 0 Å². The van der Waals surface area contributed by atoms with Crippen LogP contribution >= 0.6 is 0 Å². The van der Waals surface area contributed by atoms with Crippen LogP contribution in [-0.2, 0) is 0 Å². The normalized spacial score (nSPS) is 13.0. The highest BCUT2D eigenvalue weighted by atomic mass is 15.1. The van der Waals surface area contributed by atoms with Crippen LogP contribution in [0.25, 0.3) is 0 Å². The fraction of sp³-hybridized carbons (Fsp3) is 1.00. The van der Waals surface area contributed by atoms with E-state index in [1.807, 2.05) is 0 Å². The molecule has 1 nitrogen and oxygen atoms in total. The highest BCUT2D eigenvalue weighted by Gasteiger charge is 2.28. The quantitative estimate of drug-likeness (QED) is 0.614. The summed E-state index contributed by atoms with van der Waals surface area (Å²) in [5.41, 5.74) is 0.439. The molecule has 0 aliphatic rings. The molecule has 0 rings (SSSR count). The van der Waals surface area contributed by atoms with Crippen LogP contribution in [0.2, 0.25) is 0 Å². The summed E-state index contributed by atoms with van der Waals surface area (Å²) < 4.78 is 0. The second kappa shape index (κ2) is 4.86. The van der Waals surface area contributed by atoms with E-state index in [-0.39, 0.29) is 0 Å². The number of rotatable bonds is 5. The lowest BCUT2D eigenvalue weighted by molar-refractivity contribution is 0.111. The third-order valence-electron chi connectivity index (χ3n) is 3.05. The first-order valence-corrected chi connectivity index (χ1v) is 5.16. The lowest BCUT2D eigenvalue weighted by Crippen LogP contribution is -2.44. The van der Waals surface area contributed by atoms with Crippen molar-refractivity contribution >= 4 is 0 Å². The molecule has 0 amide bonds. The Morgan fingerprint density at radius 2 is 1.50 bits per heavy atom. The fourth-order valence-corrected chi connectivity index (χ4v) is 2.11. The van der Waals surface area contributed by atoms with Gasteiger partial charge in [0.2, 0.25) is 0 Å². The van der Waals surface area contributed by atoms with Crippen molar-refractivity contribution in [2.75, 3.05) is 14.1 Å². The van der Waals surface area contributed by atoms with Crippen LogP contribution in [0.5, 0.6) is 0 Å². The molecule has 0 bridgehead atoms. The van der Waals surface area contributed by atoms with E-state index >= 15 is 0 Å². The summed E-state index contributed by atoms with van der Waals surface area (Å²) in [7, 11) is 4.41. The zero-order valence-corrected chi connectivity index (χ0v) is 9.65. The second-order valence-electron chi connectivity index (χ2n) is 4.42. The molecule has 0 N–H and O–H groups in total. The van der Waals surface area contributed by atoms with Crippen molar-refractivity contribution < 1.29 is 0 Å². The first kappa shape index (κ1) is 12.0. The maximum atomic E-state index is 2.40. The molecule has 0 fully saturated rings. The maximum absolute atomic E-state index is 2.40. The second-order valence-corrected chi connectivity index (χ2v) is 4.42. The fourth-order valence-electron chi connectivity index (χ4n) is 2.11. The van der Waals surface area contributed by atoms with Crippen LogP contribution < -0.4 is 0 Å². The molecule has 0 saturated heterocycles. The van der Waals surface area contributed by atoms with Gasteiger partial charge in [0.25, 0.3) is 0 Å². The molecule has 0 spiro atoms. The molecule has 0 radical (unpaired) electrons. The first-order valence-electron chi connectivity index (χ1n) is 5.16. The Bertz CT molecular complexity index is 112. The average Bonchev–Trinajstić information content (AvgIpc) is 1.99. The molecule has 0 aromatic carbocycles. The summed E-state index contributed by atoms with van der Waals surface area (Å²) in [5.74, 6) is 0.798. The van der Waals surface area contributed by atoms with E-state index in [2.05, 4.69) is 46.7 Å². The number of hydrogen-bond donors (Lipinski definition) is 0. The minimum absolute atomic E-state index is 0.439. The van der Waals surface area contributed by atoms with E-state index in [0.717, 1.165) is 5.92 Å². The molecule has 0 atom stereocenters. The predicted octanol–water partition coefficient (Wildman–Crippen LogP) is 3.15. The summed E-state index contributed by atoms with van der Waals surface area (Å²) in [5, 5.41) is 0. The molecular weight excluding hydrogens is 146 g/mol.